The first-order valence-electron chi connectivity index (χ1n) is 5.29. The minimum Gasteiger partial charge on any atom is -0.478 e. The van der Waals surface area contributed by atoms with Crippen LogP contribution in [-0.2, 0) is 0 Å². The second-order valence-corrected chi connectivity index (χ2v) is 5.80. The molecule has 1 atom stereocenters. The summed E-state index contributed by atoms with van der Waals surface area (Å²) in [4.78, 5) is 10.9. The zero-order valence-corrected chi connectivity index (χ0v) is 12.3. The van der Waals surface area contributed by atoms with Gasteiger partial charge in [-0.25, -0.2) is 4.79 Å². The van der Waals surface area contributed by atoms with Gasteiger partial charge in [0.2, 0.25) is 0 Å². The highest BCUT2D eigenvalue weighted by atomic mass is 79.9. The van der Waals surface area contributed by atoms with Gasteiger partial charge >= 0.3 is 5.97 Å². The van der Waals surface area contributed by atoms with E-state index in [9.17, 15) is 4.79 Å². The second kappa shape index (κ2) is 6.91. The Labute approximate surface area is 114 Å². The molecule has 1 aromatic carbocycles. The van der Waals surface area contributed by atoms with Crippen molar-refractivity contribution in [2.24, 2.45) is 5.92 Å². The molecule has 1 unspecified atom stereocenters. The molecule has 0 amide bonds. The number of carboxylic acid groups (broad SMARTS) is 1. The van der Waals surface area contributed by atoms with Crippen molar-refractivity contribution in [1.82, 2.24) is 0 Å². The molecule has 5 heteroatoms. The summed E-state index contributed by atoms with van der Waals surface area (Å²) in [7, 11) is 0. The Morgan fingerprint density at radius 2 is 2.24 bits per heavy atom. The molecule has 0 aliphatic heterocycles. The van der Waals surface area contributed by atoms with Crippen molar-refractivity contribution >= 4 is 39.3 Å². The summed E-state index contributed by atoms with van der Waals surface area (Å²) in [5, 5.41) is 12.2. The third kappa shape index (κ3) is 5.00. The molecular weight excluding hydrogens is 302 g/mol. The summed E-state index contributed by atoms with van der Waals surface area (Å²) in [6.45, 7) is 3.01. The van der Waals surface area contributed by atoms with E-state index in [-0.39, 0.29) is 0 Å². The summed E-state index contributed by atoms with van der Waals surface area (Å²) < 4.78 is 0.775. The number of anilines is 1. The topological polar surface area (TPSA) is 49.3 Å². The van der Waals surface area contributed by atoms with Crippen molar-refractivity contribution in [3.8, 4) is 0 Å². The molecule has 1 aromatic rings. The molecule has 0 radical (unpaired) electrons. The molecule has 0 heterocycles. The first-order chi connectivity index (χ1) is 8.02. The predicted octanol–water partition coefficient (Wildman–Crippen LogP) is 3.56. The maximum atomic E-state index is 10.9. The number of hydrogen-bond acceptors (Lipinski definition) is 3. The highest BCUT2D eigenvalue weighted by Gasteiger charge is 2.07. The summed E-state index contributed by atoms with van der Waals surface area (Å²) in [5.74, 6) is 0.732. The molecule has 3 nitrogen and oxygen atoms in total. The fraction of sp³-hybridized carbons (Fsp3) is 0.417. The predicted molar refractivity (Wildman–Crippen MR) is 77.1 cm³/mol. The maximum Gasteiger partial charge on any atom is 0.335 e. The van der Waals surface area contributed by atoms with Crippen LogP contribution in [0.3, 0.4) is 0 Å². The summed E-state index contributed by atoms with van der Waals surface area (Å²) in [6.07, 6.45) is 2.08. The molecule has 0 saturated carbocycles. The van der Waals surface area contributed by atoms with Gasteiger partial charge in [-0.05, 0) is 36.1 Å². The lowest BCUT2D eigenvalue weighted by Crippen LogP contribution is -2.13. The minimum absolute atomic E-state index is 0.291. The van der Waals surface area contributed by atoms with Crippen LogP contribution in [0.5, 0.6) is 0 Å². The molecule has 0 aromatic heterocycles. The Bertz CT molecular complexity index is 398. The average Bonchev–Trinajstić information content (AvgIpc) is 2.26. The van der Waals surface area contributed by atoms with Gasteiger partial charge in [0.15, 0.2) is 0 Å². The third-order valence-corrected chi connectivity index (χ3v) is 3.61. The normalized spacial score (nSPS) is 12.2. The zero-order chi connectivity index (χ0) is 12.8. The zero-order valence-electron chi connectivity index (χ0n) is 9.87. The van der Waals surface area contributed by atoms with Gasteiger partial charge in [0.25, 0.3) is 0 Å². The SMILES string of the molecule is CSCC(C)CNc1cc(Br)cc(C(=O)O)c1. The van der Waals surface area contributed by atoms with Crippen molar-refractivity contribution in [2.75, 3.05) is 23.9 Å². The van der Waals surface area contributed by atoms with Crippen LogP contribution in [0, 0.1) is 5.92 Å². The highest BCUT2D eigenvalue weighted by Crippen LogP contribution is 2.20. The first-order valence-corrected chi connectivity index (χ1v) is 7.48. The Kier molecular flexibility index (Phi) is 5.85. The van der Waals surface area contributed by atoms with E-state index < -0.39 is 5.97 Å². The van der Waals surface area contributed by atoms with E-state index in [1.54, 1.807) is 12.1 Å². The van der Waals surface area contributed by atoms with Crippen molar-refractivity contribution < 1.29 is 9.90 Å². The van der Waals surface area contributed by atoms with Crippen molar-refractivity contribution in [2.45, 2.75) is 6.92 Å². The number of rotatable bonds is 6. The highest BCUT2D eigenvalue weighted by molar-refractivity contribution is 9.10. The number of hydrogen-bond donors (Lipinski definition) is 2. The fourth-order valence-electron chi connectivity index (χ4n) is 1.45. The number of carbonyl (C=O) groups is 1. The van der Waals surface area contributed by atoms with Crippen molar-refractivity contribution in [3.05, 3.63) is 28.2 Å². The molecule has 0 bridgehead atoms. The molecule has 17 heavy (non-hydrogen) atoms. The smallest absolute Gasteiger partial charge is 0.335 e. The largest absolute Gasteiger partial charge is 0.478 e. The number of thioether (sulfide) groups is 1. The molecule has 0 aliphatic rings. The lowest BCUT2D eigenvalue weighted by molar-refractivity contribution is 0.0697. The van der Waals surface area contributed by atoms with Crippen LogP contribution < -0.4 is 5.32 Å². The van der Waals surface area contributed by atoms with Crippen molar-refractivity contribution in [3.63, 3.8) is 0 Å². The van der Waals surface area contributed by atoms with Gasteiger partial charge in [-0.15, -0.1) is 0 Å². The van der Waals surface area contributed by atoms with E-state index >= 15 is 0 Å². The lowest BCUT2D eigenvalue weighted by Gasteiger charge is -2.13. The van der Waals surface area contributed by atoms with Crippen LogP contribution in [0.15, 0.2) is 22.7 Å². The molecule has 0 aliphatic carbocycles. The standard InChI is InChI=1S/C12H16BrNO2S/c1-8(7-17-2)6-14-11-4-9(12(15)16)3-10(13)5-11/h3-5,8,14H,6-7H2,1-2H3,(H,15,16). The van der Waals surface area contributed by atoms with Crippen LogP contribution in [-0.4, -0.2) is 29.6 Å². The maximum absolute atomic E-state index is 10.9. The number of halogens is 1. The van der Waals surface area contributed by atoms with Gasteiger partial charge in [-0.3, -0.25) is 0 Å². The molecule has 0 spiro atoms. The van der Waals surface area contributed by atoms with E-state index in [2.05, 4.69) is 34.4 Å². The number of benzene rings is 1. The summed E-state index contributed by atoms with van der Waals surface area (Å²) in [6, 6.07) is 5.13. The van der Waals surface area contributed by atoms with Crippen LogP contribution >= 0.6 is 27.7 Å². The quantitative estimate of drug-likeness (QED) is 0.842. The molecular formula is C12H16BrNO2S. The van der Waals surface area contributed by atoms with Crippen molar-refractivity contribution in [1.29, 1.82) is 0 Å². The Hall–Kier alpha value is -0.680. The Balaban J connectivity index is 2.68. The number of carboxylic acids is 1. The molecule has 0 fully saturated rings. The lowest BCUT2D eigenvalue weighted by atomic mass is 10.2. The fourth-order valence-corrected chi connectivity index (χ4v) is 2.63. The van der Waals surface area contributed by atoms with Gasteiger partial charge in [0.05, 0.1) is 5.56 Å². The van der Waals surface area contributed by atoms with E-state index in [1.807, 2.05) is 17.8 Å². The molecule has 0 saturated heterocycles. The monoisotopic (exact) mass is 317 g/mol. The van der Waals surface area contributed by atoms with E-state index in [1.165, 1.54) is 0 Å². The van der Waals surface area contributed by atoms with E-state index in [4.69, 9.17) is 5.11 Å². The van der Waals surface area contributed by atoms with Gasteiger partial charge < -0.3 is 10.4 Å². The second-order valence-electron chi connectivity index (χ2n) is 3.98. The molecule has 2 N–H and O–H groups in total. The number of aromatic carboxylic acids is 1. The molecule has 1 rings (SSSR count). The van der Waals surface area contributed by atoms with Crippen LogP contribution in [0.4, 0.5) is 5.69 Å². The summed E-state index contributed by atoms with van der Waals surface area (Å²) in [5.41, 5.74) is 1.13. The van der Waals surface area contributed by atoms with Gasteiger partial charge in [-0.2, -0.15) is 11.8 Å². The Morgan fingerprint density at radius 3 is 2.82 bits per heavy atom. The summed E-state index contributed by atoms with van der Waals surface area (Å²) >= 11 is 5.12. The first kappa shape index (κ1) is 14.4. The molecule has 94 valence electrons. The van der Waals surface area contributed by atoms with E-state index in [0.29, 0.717) is 11.5 Å². The van der Waals surface area contributed by atoms with Gasteiger partial charge in [0.1, 0.15) is 0 Å². The third-order valence-electron chi connectivity index (χ3n) is 2.25. The minimum atomic E-state index is -0.911. The number of nitrogens with one attached hydrogen (secondary N) is 1. The van der Waals surface area contributed by atoms with Crippen LogP contribution in [0.1, 0.15) is 17.3 Å². The Morgan fingerprint density at radius 1 is 1.53 bits per heavy atom. The van der Waals surface area contributed by atoms with Crippen LogP contribution in [0.25, 0.3) is 0 Å². The van der Waals surface area contributed by atoms with Gasteiger partial charge in [0, 0.05) is 16.7 Å². The van der Waals surface area contributed by atoms with Crippen LogP contribution in [0.2, 0.25) is 0 Å². The van der Waals surface area contributed by atoms with Gasteiger partial charge in [-0.1, -0.05) is 22.9 Å². The van der Waals surface area contributed by atoms with E-state index in [0.717, 1.165) is 22.5 Å². The average molecular weight is 318 g/mol.